The SMILES string of the molecule is CCN(CC)C(=O)N(CC(COC1CCCC1)OC(=O)NC(C)C)C(C)C. The maximum Gasteiger partial charge on any atom is 0.407 e. The van der Waals surface area contributed by atoms with Gasteiger partial charge in [0.05, 0.1) is 19.3 Å². The van der Waals surface area contributed by atoms with Gasteiger partial charge in [-0.3, -0.25) is 0 Å². The average Bonchev–Trinajstić information content (AvgIpc) is 3.10. The van der Waals surface area contributed by atoms with Crippen molar-refractivity contribution in [2.24, 2.45) is 0 Å². The Hall–Kier alpha value is -1.50. The topological polar surface area (TPSA) is 71.1 Å². The summed E-state index contributed by atoms with van der Waals surface area (Å²) in [6.45, 7) is 13.6. The van der Waals surface area contributed by atoms with Crippen LogP contribution in [0.1, 0.15) is 67.2 Å². The van der Waals surface area contributed by atoms with Crippen LogP contribution in [0.25, 0.3) is 0 Å². The minimum Gasteiger partial charge on any atom is -0.442 e. The van der Waals surface area contributed by atoms with Crippen molar-refractivity contribution >= 4 is 12.1 Å². The molecule has 0 aromatic heterocycles. The van der Waals surface area contributed by atoms with Crippen molar-refractivity contribution in [1.82, 2.24) is 15.1 Å². The summed E-state index contributed by atoms with van der Waals surface area (Å²) < 4.78 is 11.6. The molecule has 1 aliphatic carbocycles. The fourth-order valence-electron chi connectivity index (χ4n) is 3.25. The zero-order chi connectivity index (χ0) is 20.4. The average molecular weight is 386 g/mol. The lowest BCUT2D eigenvalue weighted by atomic mass is 10.2. The monoisotopic (exact) mass is 385 g/mol. The first-order valence-corrected chi connectivity index (χ1v) is 10.4. The first kappa shape index (κ1) is 23.5. The van der Waals surface area contributed by atoms with Crippen LogP contribution in [0.2, 0.25) is 0 Å². The third-order valence-corrected chi connectivity index (χ3v) is 4.80. The van der Waals surface area contributed by atoms with E-state index in [1.807, 2.05) is 41.5 Å². The molecule has 7 heteroatoms. The molecule has 158 valence electrons. The first-order chi connectivity index (χ1) is 12.8. The van der Waals surface area contributed by atoms with Crippen molar-refractivity contribution in [2.75, 3.05) is 26.2 Å². The maximum atomic E-state index is 12.9. The van der Waals surface area contributed by atoms with Crippen molar-refractivity contribution < 1.29 is 19.1 Å². The highest BCUT2D eigenvalue weighted by molar-refractivity contribution is 5.75. The lowest BCUT2D eigenvalue weighted by Gasteiger charge is -2.34. The fourth-order valence-corrected chi connectivity index (χ4v) is 3.25. The van der Waals surface area contributed by atoms with E-state index in [-0.39, 0.29) is 24.2 Å². The van der Waals surface area contributed by atoms with Gasteiger partial charge in [0.2, 0.25) is 0 Å². The van der Waals surface area contributed by atoms with E-state index in [2.05, 4.69) is 5.32 Å². The highest BCUT2D eigenvalue weighted by Crippen LogP contribution is 2.21. The molecule has 1 rings (SSSR count). The Morgan fingerprint density at radius 2 is 1.67 bits per heavy atom. The summed E-state index contributed by atoms with van der Waals surface area (Å²) in [5, 5.41) is 2.75. The summed E-state index contributed by atoms with van der Waals surface area (Å²) in [5.41, 5.74) is 0. The van der Waals surface area contributed by atoms with E-state index in [1.54, 1.807) is 9.80 Å². The Kier molecular flexibility index (Phi) is 10.5. The number of hydrogen-bond donors (Lipinski definition) is 1. The predicted molar refractivity (Wildman–Crippen MR) is 107 cm³/mol. The Bertz CT molecular complexity index is 447. The van der Waals surface area contributed by atoms with E-state index in [0.29, 0.717) is 26.2 Å². The summed E-state index contributed by atoms with van der Waals surface area (Å²) in [6, 6.07) is -0.0371. The molecule has 0 aliphatic heterocycles. The fraction of sp³-hybridized carbons (Fsp3) is 0.900. The van der Waals surface area contributed by atoms with Crippen LogP contribution in [-0.2, 0) is 9.47 Å². The van der Waals surface area contributed by atoms with Gasteiger partial charge in [-0.1, -0.05) is 12.8 Å². The normalized spacial score (nSPS) is 15.9. The van der Waals surface area contributed by atoms with Gasteiger partial charge in [-0.25, -0.2) is 9.59 Å². The molecule has 1 saturated carbocycles. The van der Waals surface area contributed by atoms with Gasteiger partial charge < -0.3 is 24.6 Å². The number of alkyl carbamates (subject to hydrolysis) is 1. The molecule has 0 radical (unpaired) electrons. The Labute approximate surface area is 164 Å². The largest absolute Gasteiger partial charge is 0.442 e. The number of carbonyl (C=O) groups is 2. The predicted octanol–water partition coefficient (Wildman–Crippen LogP) is 3.62. The van der Waals surface area contributed by atoms with Crippen LogP contribution in [0.3, 0.4) is 0 Å². The number of nitrogens with one attached hydrogen (secondary N) is 1. The second-order valence-corrected chi connectivity index (χ2v) is 7.77. The number of ether oxygens (including phenoxy) is 2. The van der Waals surface area contributed by atoms with E-state index in [4.69, 9.17) is 9.47 Å². The van der Waals surface area contributed by atoms with Crippen LogP contribution >= 0.6 is 0 Å². The minimum atomic E-state index is -0.494. The smallest absolute Gasteiger partial charge is 0.407 e. The van der Waals surface area contributed by atoms with Crippen molar-refractivity contribution in [3.05, 3.63) is 0 Å². The molecule has 1 aliphatic rings. The van der Waals surface area contributed by atoms with Gasteiger partial charge in [0.15, 0.2) is 0 Å². The second kappa shape index (κ2) is 12.1. The van der Waals surface area contributed by atoms with Gasteiger partial charge >= 0.3 is 12.1 Å². The molecule has 0 aromatic carbocycles. The lowest BCUT2D eigenvalue weighted by molar-refractivity contribution is -0.0264. The molecule has 1 fully saturated rings. The van der Waals surface area contributed by atoms with Crippen molar-refractivity contribution in [1.29, 1.82) is 0 Å². The third kappa shape index (κ3) is 8.37. The van der Waals surface area contributed by atoms with Crippen molar-refractivity contribution in [3.8, 4) is 0 Å². The van der Waals surface area contributed by atoms with Crippen LogP contribution in [0.5, 0.6) is 0 Å². The summed E-state index contributed by atoms with van der Waals surface area (Å²) in [7, 11) is 0. The van der Waals surface area contributed by atoms with Crippen LogP contribution in [0.4, 0.5) is 9.59 Å². The molecule has 0 bridgehead atoms. The molecule has 0 heterocycles. The van der Waals surface area contributed by atoms with Crippen molar-refractivity contribution in [2.45, 2.75) is 91.5 Å². The molecule has 0 saturated heterocycles. The van der Waals surface area contributed by atoms with E-state index < -0.39 is 12.2 Å². The van der Waals surface area contributed by atoms with Gasteiger partial charge in [0.25, 0.3) is 0 Å². The summed E-state index contributed by atoms with van der Waals surface area (Å²) >= 11 is 0. The number of rotatable bonds is 10. The van der Waals surface area contributed by atoms with E-state index in [9.17, 15) is 9.59 Å². The number of carbonyl (C=O) groups excluding carboxylic acids is 2. The van der Waals surface area contributed by atoms with Gasteiger partial charge in [0, 0.05) is 25.2 Å². The lowest BCUT2D eigenvalue weighted by Crippen LogP contribution is -2.51. The Morgan fingerprint density at radius 1 is 1.07 bits per heavy atom. The second-order valence-electron chi connectivity index (χ2n) is 7.77. The number of amides is 3. The quantitative estimate of drug-likeness (QED) is 0.623. The highest BCUT2D eigenvalue weighted by atomic mass is 16.6. The minimum absolute atomic E-state index is 0.00356. The summed E-state index contributed by atoms with van der Waals surface area (Å²) in [6.07, 6.45) is 3.74. The highest BCUT2D eigenvalue weighted by Gasteiger charge is 2.28. The molecule has 1 N–H and O–H groups in total. The van der Waals surface area contributed by atoms with Crippen LogP contribution in [0.15, 0.2) is 0 Å². The molecule has 3 amide bonds. The standard InChI is InChI=1S/C20H39N3O4/c1-7-22(8-2)20(25)23(16(5)6)13-18(27-19(24)21-15(3)4)14-26-17-11-9-10-12-17/h15-18H,7-14H2,1-6H3,(H,21,24). The Balaban J connectivity index is 2.79. The third-order valence-electron chi connectivity index (χ3n) is 4.80. The van der Waals surface area contributed by atoms with Gasteiger partial charge in [-0.15, -0.1) is 0 Å². The maximum absolute atomic E-state index is 12.9. The number of hydrogen-bond acceptors (Lipinski definition) is 4. The van der Waals surface area contributed by atoms with Crippen LogP contribution in [-0.4, -0.2) is 72.5 Å². The molecular formula is C20H39N3O4. The molecular weight excluding hydrogens is 346 g/mol. The zero-order valence-electron chi connectivity index (χ0n) is 18.0. The summed E-state index contributed by atoms with van der Waals surface area (Å²) in [5.74, 6) is 0. The van der Waals surface area contributed by atoms with Crippen LogP contribution < -0.4 is 5.32 Å². The number of nitrogens with zero attached hydrogens (tertiary/aromatic N) is 2. The zero-order valence-corrected chi connectivity index (χ0v) is 18.0. The van der Waals surface area contributed by atoms with Gasteiger partial charge in [-0.05, 0) is 54.4 Å². The molecule has 0 spiro atoms. The van der Waals surface area contributed by atoms with E-state index in [0.717, 1.165) is 12.8 Å². The van der Waals surface area contributed by atoms with Gasteiger partial charge in [0.1, 0.15) is 6.10 Å². The van der Waals surface area contributed by atoms with Crippen molar-refractivity contribution in [3.63, 3.8) is 0 Å². The molecule has 1 atom stereocenters. The first-order valence-electron chi connectivity index (χ1n) is 10.4. The summed E-state index contributed by atoms with van der Waals surface area (Å²) in [4.78, 5) is 28.5. The molecule has 7 nitrogen and oxygen atoms in total. The van der Waals surface area contributed by atoms with Crippen LogP contribution in [0, 0.1) is 0 Å². The van der Waals surface area contributed by atoms with E-state index >= 15 is 0 Å². The Morgan fingerprint density at radius 3 is 2.15 bits per heavy atom. The van der Waals surface area contributed by atoms with Gasteiger partial charge in [-0.2, -0.15) is 0 Å². The molecule has 0 aromatic rings. The molecule has 27 heavy (non-hydrogen) atoms. The van der Waals surface area contributed by atoms with E-state index in [1.165, 1.54) is 12.8 Å². The molecule has 1 unspecified atom stereocenters. The number of urea groups is 1.